The molecule has 4 N–H and O–H groups in total. The first-order valence-corrected chi connectivity index (χ1v) is 9.20. The van der Waals surface area contributed by atoms with Gasteiger partial charge in [0.25, 0.3) is 0 Å². The third-order valence-electron chi connectivity index (χ3n) is 6.05. The van der Waals surface area contributed by atoms with Gasteiger partial charge in [-0.15, -0.1) is 12.4 Å². The second-order valence-electron chi connectivity index (χ2n) is 7.62. The van der Waals surface area contributed by atoms with Crippen molar-refractivity contribution in [1.82, 2.24) is 0 Å². The molecular formula is C15H30BBrClNO3. The zero-order valence-corrected chi connectivity index (χ0v) is 16.3. The molecule has 0 aliphatic heterocycles. The van der Waals surface area contributed by atoms with Crippen molar-refractivity contribution in [3.05, 3.63) is 0 Å². The van der Waals surface area contributed by atoms with Crippen molar-refractivity contribution >= 4 is 35.5 Å². The van der Waals surface area contributed by atoms with E-state index in [4.69, 9.17) is 10.4 Å². The second-order valence-corrected chi connectivity index (χ2v) is 8.41. The third-order valence-corrected chi connectivity index (χ3v) is 6.61. The fraction of sp³-hybridized carbons (Fsp3) is 1.00. The lowest BCUT2D eigenvalue weighted by molar-refractivity contribution is -0.305. The lowest BCUT2D eigenvalue weighted by Gasteiger charge is -2.71. The summed E-state index contributed by atoms with van der Waals surface area (Å²) in [5.41, 5.74) is 4.36. The number of halogens is 2. The number of rotatable bonds is 7. The standard InChI is InChI=1S/C15H29BBrNO3.ClH/c1-13(2)11-7-8-14(3,19)15(13,10-11)21-16(20)12(18)6-4-5-9-17;/h11-12,19-20H,4-10,18H2,1-3H3;1H. The largest absolute Gasteiger partial charge is 0.472 e. The zero-order chi connectivity index (χ0) is 15.9. The first-order chi connectivity index (χ1) is 9.68. The van der Waals surface area contributed by atoms with E-state index in [1.807, 2.05) is 6.92 Å². The summed E-state index contributed by atoms with van der Waals surface area (Å²) >= 11 is 3.39. The van der Waals surface area contributed by atoms with Crippen LogP contribution < -0.4 is 5.73 Å². The Kier molecular flexibility index (Phi) is 6.86. The zero-order valence-electron chi connectivity index (χ0n) is 13.8. The summed E-state index contributed by atoms with van der Waals surface area (Å²) in [4.78, 5) is 0. The van der Waals surface area contributed by atoms with Gasteiger partial charge in [-0.25, -0.2) is 0 Å². The van der Waals surface area contributed by atoms with Gasteiger partial charge in [-0.3, -0.25) is 0 Å². The van der Waals surface area contributed by atoms with E-state index in [0.717, 1.165) is 43.9 Å². The summed E-state index contributed by atoms with van der Waals surface area (Å²) < 4.78 is 6.04. The molecule has 22 heavy (non-hydrogen) atoms. The Morgan fingerprint density at radius 3 is 2.50 bits per heavy atom. The summed E-state index contributed by atoms with van der Waals surface area (Å²) in [7, 11) is -1.01. The Morgan fingerprint density at radius 1 is 1.36 bits per heavy atom. The fourth-order valence-corrected chi connectivity index (χ4v) is 4.73. The van der Waals surface area contributed by atoms with Crippen molar-refractivity contribution in [2.75, 3.05) is 5.33 Å². The van der Waals surface area contributed by atoms with Gasteiger partial charge in [-0.2, -0.15) is 0 Å². The number of fused-ring (bicyclic) bond motifs is 2. The molecule has 3 fully saturated rings. The summed E-state index contributed by atoms with van der Waals surface area (Å²) in [6.07, 6.45) is 5.30. The van der Waals surface area contributed by atoms with E-state index >= 15 is 0 Å². The van der Waals surface area contributed by atoms with E-state index < -0.39 is 24.3 Å². The van der Waals surface area contributed by atoms with Crippen molar-refractivity contribution in [2.45, 2.75) is 76.4 Å². The average molecular weight is 399 g/mol. The smallest absolute Gasteiger partial charge is 0.426 e. The lowest BCUT2D eigenvalue weighted by Crippen LogP contribution is -2.77. The van der Waals surface area contributed by atoms with Crippen LogP contribution in [0.1, 0.15) is 59.3 Å². The number of nitrogens with two attached hydrogens (primary N) is 1. The Hall–Kier alpha value is 0.675. The van der Waals surface area contributed by atoms with Crippen LogP contribution in [-0.4, -0.2) is 39.7 Å². The molecule has 3 rings (SSSR count). The van der Waals surface area contributed by atoms with Gasteiger partial charge in [0.1, 0.15) is 0 Å². The van der Waals surface area contributed by atoms with Gasteiger partial charge in [0.2, 0.25) is 0 Å². The summed E-state index contributed by atoms with van der Waals surface area (Å²) in [5.74, 6) is 0.167. The highest BCUT2D eigenvalue weighted by atomic mass is 79.9. The molecule has 0 radical (unpaired) electrons. The quantitative estimate of drug-likeness (QED) is 0.350. The highest BCUT2D eigenvalue weighted by Gasteiger charge is 2.71. The van der Waals surface area contributed by atoms with Gasteiger partial charge >= 0.3 is 7.12 Å². The Labute approximate surface area is 149 Å². The second kappa shape index (κ2) is 7.28. The van der Waals surface area contributed by atoms with Crippen LogP contribution in [-0.2, 0) is 4.65 Å². The van der Waals surface area contributed by atoms with Gasteiger partial charge in [0.15, 0.2) is 0 Å². The predicted octanol–water partition coefficient (Wildman–Crippen LogP) is 2.67. The van der Waals surface area contributed by atoms with Crippen LogP contribution >= 0.6 is 28.3 Å². The molecule has 3 aliphatic carbocycles. The maximum atomic E-state index is 10.8. The Balaban J connectivity index is 0.00000242. The summed E-state index contributed by atoms with van der Waals surface area (Å²) in [5, 5.41) is 22.1. The van der Waals surface area contributed by atoms with Crippen LogP contribution in [0.3, 0.4) is 0 Å². The van der Waals surface area contributed by atoms with Crippen LogP contribution in [0.5, 0.6) is 0 Å². The molecule has 3 aliphatic rings. The van der Waals surface area contributed by atoms with E-state index in [1.54, 1.807) is 0 Å². The van der Waals surface area contributed by atoms with E-state index in [2.05, 4.69) is 29.8 Å². The third kappa shape index (κ3) is 3.24. The maximum Gasteiger partial charge on any atom is 0.472 e. The molecular weight excluding hydrogens is 368 g/mol. The molecule has 2 bridgehead atoms. The minimum Gasteiger partial charge on any atom is -0.426 e. The van der Waals surface area contributed by atoms with Gasteiger partial charge in [-0.05, 0) is 50.4 Å². The fourth-order valence-electron chi connectivity index (χ4n) is 4.34. The molecule has 4 nitrogen and oxygen atoms in total. The molecule has 3 saturated carbocycles. The van der Waals surface area contributed by atoms with Crippen LogP contribution in [0.15, 0.2) is 0 Å². The number of unbranched alkanes of at least 4 members (excludes halogenated alkanes) is 1. The van der Waals surface area contributed by atoms with Crippen LogP contribution in [0.2, 0.25) is 0 Å². The highest BCUT2D eigenvalue weighted by molar-refractivity contribution is 9.09. The van der Waals surface area contributed by atoms with Gasteiger partial charge in [-0.1, -0.05) is 36.2 Å². The number of hydrogen-bond acceptors (Lipinski definition) is 4. The van der Waals surface area contributed by atoms with E-state index in [9.17, 15) is 10.1 Å². The van der Waals surface area contributed by atoms with Crippen LogP contribution in [0.25, 0.3) is 0 Å². The molecule has 0 aromatic heterocycles. The van der Waals surface area contributed by atoms with Crippen molar-refractivity contribution in [1.29, 1.82) is 0 Å². The SMILES string of the molecule is CC1(O)CCC2CC1(OB(O)C(N)CCCCBr)C2(C)C.Cl. The van der Waals surface area contributed by atoms with Crippen molar-refractivity contribution in [3.63, 3.8) is 0 Å². The number of hydrogen-bond donors (Lipinski definition) is 3. The highest BCUT2D eigenvalue weighted by Crippen LogP contribution is 2.67. The van der Waals surface area contributed by atoms with Gasteiger partial charge in [0, 0.05) is 11.3 Å². The van der Waals surface area contributed by atoms with Crippen LogP contribution in [0.4, 0.5) is 0 Å². The van der Waals surface area contributed by atoms with Gasteiger partial charge in [0.05, 0.1) is 11.2 Å². The predicted molar refractivity (Wildman–Crippen MR) is 96.4 cm³/mol. The molecule has 0 spiro atoms. The lowest BCUT2D eigenvalue weighted by atomic mass is 9.40. The molecule has 4 unspecified atom stereocenters. The topological polar surface area (TPSA) is 75.7 Å². The summed E-state index contributed by atoms with van der Waals surface area (Å²) in [6.45, 7) is 6.11. The molecule has 7 heteroatoms. The normalized spacial score (nSPS) is 37.0. The van der Waals surface area contributed by atoms with Crippen molar-refractivity contribution in [2.24, 2.45) is 17.1 Å². The van der Waals surface area contributed by atoms with Crippen molar-refractivity contribution < 1.29 is 14.8 Å². The van der Waals surface area contributed by atoms with Crippen molar-refractivity contribution in [3.8, 4) is 0 Å². The summed E-state index contributed by atoms with van der Waals surface area (Å²) in [6, 6.07) is 0. The Morgan fingerprint density at radius 2 is 2.00 bits per heavy atom. The molecule has 4 atom stereocenters. The minimum atomic E-state index is -1.01. The van der Waals surface area contributed by atoms with E-state index in [0.29, 0.717) is 5.92 Å². The monoisotopic (exact) mass is 397 g/mol. The first kappa shape index (κ1) is 20.7. The molecule has 0 aromatic rings. The average Bonchev–Trinajstić information content (AvgIpc) is 2.40. The van der Waals surface area contributed by atoms with Crippen LogP contribution in [0, 0.1) is 11.3 Å². The number of aliphatic hydroxyl groups is 1. The molecule has 0 amide bonds. The molecule has 0 heterocycles. The molecule has 0 saturated heterocycles. The Bertz CT molecular complexity index is 376. The first-order valence-electron chi connectivity index (χ1n) is 8.08. The van der Waals surface area contributed by atoms with E-state index in [1.165, 1.54) is 0 Å². The van der Waals surface area contributed by atoms with E-state index in [-0.39, 0.29) is 17.8 Å². The minimum absolute atomic E-state index is 0. The molecule has 130 valence electrons. The molecule has 0 aromatic carbocycles. The number of alkyl halides is 1. The maximum absolute atomic E-state index is 10.8. The van der Waals surface area contributed by atoms with Gasteiger partial charge < -0.3 is 20.5 Å².